The first-order valence-corrected chi connectivity index (χ1v) is 9.32. The van der Waals surface area contributed by atoms with E-state index in [9.17, 15) is 9.59 Å². The smallest absolute Gasteiger partial charge is 0.349 e. The molecule has 0 saturated heterocycles. The minimum Gasteiger partial charge on any atom is -0.493 e. The molecule has 0 fully saturated rings. The molecular formula is C21H18BrNO6. The fourth-order valence-corrected chi connectivity index (χ4v) is 2.46. The summed E-state index contributed by atoms with van der Waals surface area (Å²) in [5.74, 6) is -0.352. The van der Waals surface area contributed by atoms with Crippen molar-refractivity contribution in [1.29, 1.82) is 5.26 Å². The summed E-state index contributed by atoms with van der Waals surface area (Å²) in [6.07, 6.45) is 1.36. The summed E-state index contributed by atoms with van der Waals surface area (Å²) in [5, 5.41) is 9.12. The van der Waals surface area contributed by atoms with E-state index in [0.717, 1.165) is 4.47 Å². The molecule has 0 amide bonds. The highest BCUT2D eigenvalue weighted by atomic mass is 79.9. The van der Waals surface area contributed by atoms with Gasteiger partial charge in [0.1, 0.15) is 17.4 Å². The van der Waals surface area contributed by atoms with Crippen LogP contribution in [0.1, 0.15) is 12.5 Å². The molecule has 2 aromatic rings. The first-order valence-electron chi connectivity index (χ1n) is 8.52. The van der Waals surface area contributed by atoms with E-state index < -0.39 is 11.9 Å². The molecule has 0 aromatic heterocycles. The zero-order valence-corrected chi connectivity index (χ0v) is 17.4. The van der Waals surface area contributed by atoms with Crippen LogP contribution in [0.2, 0.25) is 0 Å². The van der Waals surface area contributed by atoms with Crippen LogP contribution in [-0.4, -0.2) is 32.3 Å². The van der Waals surface area contributed by atoms with Crippen molar-refractivity contribution < 1.29 is 28.5 Å². The Morgan fingerprint density at radius 3 is 2.48 bits per heavy atom. The van der Waals surface area contributed by atoms with Crippen molar-refractivity contribution in [3.8, 4) is 23.3 Å². The normalized spacial score (nSPS) is 10.6. The molecule has 0 heterocycles. The zero-order chi connectivity index (χ0) is 21.2. The lowest BCUT2D eigenvalue weighted by atomic mass is 10.1. The molecule has 0 N–H and O–H groups in total. The van der Waals surface area contributed by atoms with Crippen LogP contribution in [0, 0.1) is 11.3 Å². The third-order valence-electron chi connectivity index (χ3n) is 3.51. The molecule has 150 valence electrons. The van der Waals surface area contributed by atoms with Crippen molar-refractivity contribution in [2.24, 2.45) is 0 Å². The van der Waals surface area contributed by atoms with Crippen LogP contribution >= 0.6 is 15.9 Å². The fraction of sp³-hybridized carbons (Fsp3) is 0.190. The van der Waals surface area contributed by atoms with Crippen LogP contribution in [0.15, 0.2) is 52.5 Å². The number of carbonyl (C=O) groups is 2. The van der Waals surface area contributed by atoms with E-state index in [1.54, 1.807) is 43.3 Å². The quantitative estimate of drug-likeness (QED) is 0.255. The molecule has 0 saturated carbocycles. The van der Waals surface area contributed by atoms with E-state index in [4.69, 9.17) is 24.2 Å². The lowest BCUT2D eigenvalue weighted by Crippen LogP contribution is -2.18. The minimum absolute atomic E-state index is 0.151. The number of esters is 2. The van der Waals surface area contributed by atoms with E-state index in [1.807, 2.05) is 0 Å². The van der Waals surface area contributed by atoms with Gasteiger partial charge in [0.05, 0.1) is 13.7 Å². The van der Waals surface area contributed by atoms with Crippen molar-refractivity contribution in [1.82, 2.24) is 0 Å². The number of carbonyl (C=O) groups excluding carboxylic acids is 2. The third-order valence-corrected chi connectivity index (χ3v) is 4.04. The van der Waals surface area contributed by atoms with E-state index in [-0.39, 0.29) is 30.3 Å². The number of benzene rings is 2. The number of nitrogens with zero attached hydrogens (tertiary/aromatic N) is 1. The van der Waals surface area contributed by atoms with Gasteiger partial charge in [-0.1, -0.05) is 22.0 Å². The van der Waals surface area contributed by atoms with Gasteiger partial charge in [0.15, 0.2) is 18.1 Å². The predicted octanol–water partition coefficient (Wildman–Crippen LogP) is 3.91. The molecule has 0 aliphatic rings. The molecule has 7 nitrogen and oxygen atoms in total. The number of nitriles is 1. The molecule has 0 aliphatic carbocycles. The molecule has 2 aromatic carbocycles. The van der Waals surface area contributed by atoms with Gasteiger partial charge in [-0.05, 0) is 55.0 Å². The lowest BCUT2D eigenvalue weighted by Gasteiger charge is -2.11. The van der Waals surface area contributed by atoms with Crippen LogP contribution in [-0.2, 0) is 14.3 Å². The Hall–Kier alpha value is -3.31. The van der Waals surface area contributed by atoms with Gasteiger partial charge < -0.3 is 18.9 Å². The Morgan fingerprint density at radius 1 is 1.14 bits per heavy atom. The summed E-state index contributed by atoms with van der Waals surface area (Å²) >= 11 is 3.32. The van der Waals surface area contributed by atoms with Gasteiger partial charge in [-0.25, -0.2) is 9.59 Å². The Kier molecular flexibility index (Phi) is 8.25. The van der Waals surface area contributed by atoms with Gasteiger partial charge in [0.2, 0.25) is 0 Å². The van der Waals surface area contributed by atoms with E-state index in [0.29, 0.717) is 11.3 Å². The average Bonchev–Trinajstić information content (AvgIpc) is 2.72. The minimum atomic E-state index is -0.713. The average molecular weight is 460 g/mol. The number of hydrogen-bond donors (Lipinski definition) is 0. The maximum atomic E-state index is 12.1. The summed E-state index contributed by atoms with van der Waals surface area (Å²) in [5.41, 5.74) is 0.360. The van der Waals surface area contributed by atoms with Crippen molar-refractivity contribution in [2.45, 2.75) is 6.92 Å². The summed E-state index contributed by atoms with van der Waals surface area (Å²) < 4.78 is 21.6. The topological polar surface area (TPSA) is 94.9 Å². The molecule has 0 unspecified atom stereocenters. The first kappa shape index (κ1) is 22.0. The lowest BCUT2D eigenvalue weighted by molar-refractivity contribution is -0.138. The predicted molar refractivity (Wildman–Crippen MR) is 108 cm³/mol. The van der Waals surface area contributed by atoms with Crippen LogP contribution in [0.3, 0.4) is 0 Å². The van der Waals surface area contributed by atoms with Gasteiger partial charge in [0, 0.05) is 4.47 Å². The monoisotopic (exact) mass is 459 g/mol. The Bertz CT molecular complexity index is 947. The second-order valence-electron chi connectivity index (χ2n) is 5.52. The standard InChI is InChI=1S/C21H18BrNO6/c1-3-27-21(25)15(12-23)10-14-4-9-18(19(11-14)26-2)29-20(24)13-28-17-7-5-16(22)6-8-17/h4-11H,3,13H2,1-2H3/b15-10+. The highest BCUT2D eigenvalue weighted by Crippen LogP contribution is 2.29. The number of rotatable bonds is 8. The summed E-state index contributed by atoms with van der Waals surface area (Å²) in [7, 11) is 1.41. The van der Waals surface area contributed by atoms with E-state index in [1.165, 1.54) is 25.3 Å². The summed E-state index contributed by atoms with van der Waals surface area (Å²) in [4.78, 5) is 23.8. The molecule has 29 heavy (non-hydrogen) atoms. The van der Waals surface area contributed by atoms with Crippen molar-refractivity contribution in [2.75, 3.05) is 20.3 Å². The summed E-state index contributed by atoms with van der Waals surface area (Å²) in [6.45, 7) is 1.53. The maximum absolute atomic E-state index is 12.1. The van der Waals surface area contributed by atoms with Gasteiger partial charge in [-0.2, -0.15) is 5.26 Å². The van der Waals surface area contributed by atoms with Crippen LogP contribution in [0.5, 0.6) is 17.2 Å². The summed E-state index contributed by atoms with van der Waals surface area (Å²) in [6, 6.07) is 13.4. The Morgan fingerprint density at radius 2 is 1.86 bits per heavy atom. The second-order valence-corrected chi connectivity index (χ2v) is 6.43. The van der Waals surface area contributed by atoms with Crippen molar-refractivity contribution >= 4 is 33.9 Å². The molecule has 0 spiro atoms. The van der Waals surface area contributed by atoms with Crippen LogP contribution in [0.4, 0.5) is 0 Å². The zero-order valence-electron chi connectivity index (χ0n) is 15.8. The molecule has 2 rings (SSSR count). The SMILES string of the molecule is CCOC(=O)/C(C#N)=C/c1ccc(OC(=O)COc2ccc(Br)cc2)c(OC)c1. The molecular weight excluding hydrogens is 442 g/mol. The van der Waals surface area contributed by atoms with Crippen molar-refractivity contribution in [3.63, 3.8) is 0 Å². The number of halogens is 1. The van der Waals surface area contributed by atoms with Crippen LogP contribution < -0.4 is 14.2 Å². The second kappa shape index (κ2) is 10.9. The van der Waals surface area contributed by atoms with Gasteiger partial charge >= 0.3 is 11.9 Å². The van der Waals surface area contributed by atoms with E-state index >= 15 is 0 Å². The Balaban J connectivity index is 2.07. The van der Waals surface area contributed by atoms with Gasteiger partial charge in [-0.3, -0.25) is 0 Å². The fourth-order valence-electron chi connectivity index (χ4n) is 2.20. The van der Waals surface area contributed by atoms with Crippen molar-refractivity contribution in [3.05, 3.63) is 58.1 Å². The Labute approximate surface area is 176 Å². The molecule has 0 aliphatic heterocycles. The first-order chi connectivity index (χ1) is 14.0. The molecule has 0 atom stereocenters. The highest BCUT2D eigenvalue weighted by Gasteiger charge is 2.14. The number of ether oxygens (including phenoxy) is 4. The third kappa shape index (κ3) is 6.66. The molecule has 8 heteroatoms. The molecule has 0 radical (unpaired) electrons. The number of hydrogen-bond acceptors (Lipinski definition) is 7. The van der Waals surface area contributed by atoms with E-state index in [2.05, 4.69) is 15.9 Å². The highest BCUT2D eigenvalue weighted by molar-refractivity contribution is 9.10. The number of methoxy groups -OCH3 is 1. The largest absolute Gasteiger partial charge is 0.493 e. The van der Waals surface area contributed by atoms with Gasteiger partial charge in [0.25, 0.3) is 0 Å². The maximum Gasteiger partial charge on any atom is 0.349 e. The molecule has 0 bridgehead atoms. The van der Waals surface area contributed by atoms with Crippen LogP contribution in [0.25, 0.3) is 6.08 Å². The van der Waals surface area contributed by atoms with Gasteiger partial charge in [-0.15, -0.1) is 0 Å².